The van der Waals surface area contributed by atoms with Gasteiger partial charge >= 0.3 is 0 Å². The fraction of sp³-hybridized carbons (Fsp3) is 0.625. The Hall–Kier alpha value is -1.02. The van der Waals surface area contributed by atoms with Gasteiger partial charge in [-0.1, -0.05) is 17.7 Å². The number of piperazine rings is 1. The molecule has 1 aliphatic carbocycles. The molecule has 1 aromatic rings. The first-order valence-electron chi connectivity index (χ1n) is 7.20. The molecule has 1 saturated carbocycles. The van der Waals surface area contributed by atoms with Crippen LogP contribution in [0.4, 0.5) is 5.69 Å². The van der Waals surface area contributed by atoms with Crippen LogP contribution in [0.25, 0.3) is 0 Å². The molecule has 1 aliphatic heterocycles. The van der Waals surface area contributed by atoms with E-state index in [1.165, 1.54) is 50.1 Å². The third-order valence-corrected chi connectivity index (χ3v) is 4.31. The zero-order valence-electron chi connectivity index (χ0n) is 11.9. The number of hydrogen-bond donors (Lipinski definition) is 0. The Kier molecular flexibility index (Phi) is 3.06. The van der Waals surface area contributed by atoms with Crippen molar-refractivity contribution in [3.8, 4) is 0 Å². The molecular formula is C16H24N2. The van der Waals surface area contributed by atoms with Crippen molar-refractivity contribution in [3.05, 3.63) is 28.8 Å². The normalized spacial score (nSPS) is 21.4. The topological polar surface area (TPSA) is 6.48 Å². The Morgan fingerprint density at radius 3 is 2.28 bits per heavy atom. The summed E-state index contributed by atoms with van der Waals surface area (Å²) in [7, 11) is 2.22. The van der Waals surface area contributed by atoms with E-state index in [4.69, 9.17) is 0 Å². The number of benzene rings is 1. The molecule has 0 unspecified atom stereocenters. The van der Waals surface area contributed by atoms with Crippen molar-refractivity contribution in [2.45, 2.75) is 32.6 Å². The Balaban J connectivity index is 1.94. The molecule has 2 fully saturated rings. The molecule has 0 N–H and O–H groups in total. The first-order valence-corrected chi connectivity index (χ1v) is 7.20. The first-order chi connectivity index (χ1) is 8.65. The van der Waals surface area contributed by atoms with Gasteiger partial charge in [0, 0.05) is 31.9 Å². The molecule has 1 aromatic carbocycles. The van der Waals surface area contributed by atoms with Gasteiger partial charge in [-0.3, -0.25) is 0 Å². The SMILES string of the molecule is Cc1cc(C)c(N2CCN(C)CC2)c(C2CC2)c1. The van der Waals surface area contributed by atoms with E-state index in [0.29, 0.717) is 0 Å². The Bertz CT molecular complexity index is 441. The second-order valence-corrected chi connectivity index (χ2v) is 6.08. The minimum atomic E-state index is 0.846. The van der Waals surface area contributed by atoms with Crippen LogP contribution in [0.3, 0.4) is 0 Å². The van der Waals surface area contributed by atoms with Gasteiger partial charge in [-0.15, -0.1) is 0 Å². The second kappa shape index (κ2) is 4.58. The third kappa shape index (κ3) is 2.26. The number of likely N-dealkylation sites (N-methyl/N-ethyl adjacent to an activating group) is 1. The van der Waals surface area contributed by atoms with Crippen molar-refractivity contribution in [2.75, 3.05) is 38.1 Å². The summed E-state index contributed by atoms with van der Waals surface area (Å²) >= 11 is 0. The monoisotopic (exact) mass is 244 g/mol. The molecule has 1 heterocycles. The van der Waals surface area contributed by atoms with Crippen LogP contribution in [0.1, 0.15) is 35.4 Å². The Morgan fingerprint density at radius 1 is 1.00 bits per heavy atom. The molecule has 98 valence electrons. The van der Waals surface area contributed by atoms with Gasteiger partial charge in [0.2, 0.25) is 0 Å². The molecular weight excluding hydrogens is 220 g/mol. The van der Waals surface area contributed by atoms with Crippen LogP contribution in [0.15, 0.2) is 12.1 Å². The van der Waals surface area contributed by atoms with Crippen molar-refractivity contribution in [2.24, 2.45) is 0 Å². The van der Waals surface area contributed by atoms with Gasteiger partial charge in [0.15, 0.2) is 0 Å². The smallest absolute Gasteiger partial charge is 0.0432 e. The predicted octanol–water partition coefficient (Wildman–Crippen LogP) is 2.93. The van der Waals surface area contributed by atoms with Crippen molar-refractivity contribution >= 4 is 5.69 Å². The standard InChI is InChI=1S/C16H24N2/c1-12-10-13(2)16(15(11-12)14-4-5-14)18-8-6-17(3)7-9-18/h10-11,14H,4-9H2,1-3H3. The summed E-state index contributed by atoms with van der Waals surface area (Å²) in [5.41, 5.74) is 6.07. The van der Waals surface area contributed by atoms with Crippen LogP contribution in [0.5, 0.6) is 0 Å². The van der Waals surface area contributed by atoms with Crippen LogP contribution in [0.2, 0.25) is 0 Å². The van der Waals surface area contributed by atoms with Gasteiger partial charge in [0.1, 0.15) is 0 Å². The van der Waals surface area contributed by atoms with E-state index in [-0.39, 0.29) is 0 Å². The van der Waals surface area contributed by atoms with Crippen LogP contribution in [-0.2, 0) is 0 Å². The molecule has 1 saturated heterocycles. The summed E-state index contributed by atoms with van der Waals surface area (Å²) in [4.78, 5) is 5.04. The summed E-state index contributed by atoms with van der Waals surface area (Å²) in [5, 5.41) is 0. The molecule has 0 atom stereocenters. The lowest BCUT2D eigenvalue weighted by molar-refractivity contribution is 0.312. The van der Waals surface area contributed by atoms with Gasteiger partial charge in [-0.2, -0.15) is 0 Å². The largest absolute Gasteiger partial charge is 0.369 e. The highest BCUT2D eigenvalue weighted by Crippen LogP contribution is 2.46. The molecule has 0 aromatic heterocycles. The van der Waals surface area contributed by atoms with Crippen LogP contribution in [-0.4, -0.2) is 38.1 Å². The van der Waals surface area contributed by atoms with Crippen LogP contribution < -0.4 is 4.90 Å². The summed E-state index contributed by atoms with van der Waals surface area (Å²) in [6.45, 7) is 9.26. The zero-order valence-corrected chi connectivity index (χ0v) is 11.9. The first kappa shape index (κ1) is 12.0. The summed E-state index contributed by atoms with van der Waals surface area (Å²) in [6.07, 6.45) is 2.78. The quantitative estimate of drug-likeness (QED) is 0.789. The lowest BCUT2D eigenvalue weighted by Crippen LogP contribution is -2.45. The highest BCUT2D eigenvalue weighted by molar-refractivity contribution is 5.63. The van der Waals surface area contributed by atoms with Crippen molar-refractivity contribution < 1.29 is 0 Å². The lowest BCUT2D eigenvalue weighted by Gasteiger charge is -2.36. The van der Waals surface area contributed by atoms with Gasteiger partial charge in [-0.25, -0.2) is 0 Å². The molecule has 0 bridgehead atoms. The third-order valence-electron chi connectivity index (χ3n) is 4.31. The molecule has 0 spiro atoms. The molecule has 2 heteroatoms. The van der Waals surface area contributed by atoms with Crippen molar-refractivity contribution in [3.63, 3.8) is 0 Å². The fourth-order valence-corrected chi connectivity index (χ4v) is 3.16. The predicted molar refractivity (Wildman–Crippen MR) is 77.6 cm³/mol. The minimum absolute atomic E-state index is 0.846. The lowest BCUT2D eigenvalue weighted by atomic mass is 9.99. The molecule has 2 nitrogen and oxygen atoms in total. The molecule has 3 rings (SSSR count). The number of nitrogens with zero attached hydrogens (tertiary/aromatic N) is 2. The summed E-state index contributed by atoms with van der Waals surface area (Å²) in [5.74, 6) is 0.846. The molecule has 18 heavy (non-hydrogen) atoms. The average molecular weight is 244 g/mol. The Labute approximate surface area is 111 Å². The number of anilines is 1. The van der Waals surface area contributed by atoms with E-state index in [1.807, 2.05) is 0 Å². The summed E-state index contributed by atoms with van der Waals surface area (Å²) in [6, 6.07) is 4.78. The molecule has 0 amide bonds. The molecule has 2 aliphatic rings. The highest BCUT2D eigenvalue weighted by atomic mass is 15.2. The van der Waals surface area contributed by atoms with Gasteiger partial charge < -0.3 is 9.80 Å². The number of aryl methyl sites for hydroxylation is 2. The number of rotatable bonds is 2. The second-order valence-electron chi connectivity index (χ2n) is 6.08. The van der Waals surface area contributed by atoms with Crippen molar-refractivity contribution in [1.82, 2.24) is 4.90 Å². The summed E-state index contributed by atoms with van der Waals surface area (Å²) < 4.78 is 0. The van der Waals surface area contributed by atoms with Gasteiger partial charge in [0.05, 0.1) is 0 Å². The van der Waals surface area contributed by atoms with E-state index in [0.717, 1.165) is 5.92 Å². The fourth-order valence-electron chi connectivity index (χ4n) is 3.16. The van der Waals surface area contributed by atoms with E-state index in [1.54, 1.807) is 11.3 Å². The average Bonchev–Trinajstić information content (AvgIpc) is 3.14. The maximum absolute atomic E-state index is 2.61. The van der Waals surface area contributed by atoms with Gasteiger partial charge in [-0.05, 0) is 50.8 Å². The zero-order chi connectivity index (χ0) is 12.7. The number of hydrogen-bond acceptors (Lipinski definition) is 2. The van der Waals surface area contributed by atoms with E-state index in [2.05, 4.69) is 42.8 Å². The van der Waals surface area contributed by atoms with E-state index in [9.17, 15) is 0 Å². The minimum Gasteiger partial charge on any atom is -0.369 e. The Morgan fingerprint density at radius 2 is 1.67 bits per heavy atom. The maximum atomic E-state index is 2.61. The van der Waals surface area contributed by atoms with Crippen LogP contribution in [0, 0.1) is 13.8 Å². The van der Waals surface area contributed by atoms with E-state index < -0.39 is 0 Å². The van der Waals surface area contributed by atoms with Crippen LogP contribution >= 0.6 is 0 Å². The van der Waals surface area contributed by atoms with Gasteiger partial charge in [0.25, 0.3) is 0 Å². The van der Waals surface area contributed by atoms with Crippen molar-refractivity contribution in [1.29, 1.82) is 0 Å². The molecule has 0 radical (unpaired) electrons. The van der Waals surface area contributed by atoms with E-state index >= 15 is 0 Å². The maximum Gasteiger partial charge on any atom is 0.0432 e. The highest BCUT2D eigenvalue weighted by Gasteiger charge is 2.29.